The van der Waals surface area contributed by atoms with Crippen molar-refractivity contribution in [3.05, 3.63) is 53.9 Å². The van der Waals surface area contributed by atoms with Gasteiger partial charge in [-0.2, -0.15) is 0 Å². The number of ketones is 3. The zero-order chi connectivity index (χ0) is 50.6. The lowest BCUT2D eigenvalue weighted by atomic mass is 9.77. The number of cyclic esters (lactones) is 1. The van der Waals surface area contributed by atoms with E-state index in [0.29, 0.717) is 56.9 Å². The van der Waals surface area contributed by atoms with Gasteiger partial charge in [-0.25, -0.2) is 9.48 Å². The van der Waals surface area contributed by atoms with Gasteiger partial charge >= 0.3 is 5.97 Å². The van der Waals surface area contributed by atoms with Gasteiger partial charge in [0.05, 0.1) is 24.4 Å². The van der Waals surface area contributed by atoms with Crippen molar-refractivity contribution < 1.29 is 57.9 Å². The number of carbonyl (C=O) groups excluding carboxylic acids is 5. The molecule has 0 unspecified atom stereocenters. The minimum atomic E-state index is -2.43. The van der Waals surface area contributed by atoms with E-state index in [1.165, 1.54) is 12.0 Å². The number of carbonyl (C=O) groups is 5. The van der Waals surface area contributed by atoms with Crippen LogP contribution in [0.25, 0.3) is 0 Å². The molecule has 4 heterocycles. The third kappa shape index (κ3) is 14.2. The second-order valence-electron chi connectivity index (χ2n) is 20.4. The van der Waals surface area contributed by atoms with Crippen molar-refractivity contribution in [1.29, 1.82) is 0 Å². The number of esters is 1. The molecular weight excluding hydrogens is 887 g/mol. The van der Waals surface area contributed by atoms with Gasteiger partial charge in [0, 0.05) is 58.5 Å². The summed E-state index contributed by atoms with van der Waals surface area (Å²) in [6.45, 7) is 12.8. The van der Waals surface area contributed by atoms with Crippen LogP contribution in [0.2, 0.25) is 0 Å². The van der Waals surface area contributed by atoms with Crippen LogP contribution in [0, 0.1) is 35.5 Å². The number of amides is 1. The minimum Gasteiger partial charge on any atom is -0.460 e. The summed E-state index contributed by atoms with van der Waals surface area (Å²) in [4.78, 5) is 72.3. The first-order chi connectivity index (χ1) is 32.8. The summed E-state index contributed by atoms with van der Waals surface area (Å²) in [6, 6.07) is -1.19. The minimum absolute atomic E-state index is 0.0170. The van der Waals surface area contributed by atoms with Gasteiger partial charge in [0.15, 0.2) is 5.78 Å². The maximum atomic E-state index is 14.5. The Labute approximate surface area is 408 Å². The van der Waals surface area contributed by atoms with E-state index in [9.17, 15) is 34.2 Å². The summed E-state index contributed by atoms with van der Waals surface area (Å²) in [5.74, 6) is -7.92. The molecule has 1 aliphatic carbocycles. The first kappa shape index (κ1) is 55.7. The first-order valence-electron chi connectivity index (χ1n) is 25.0. The van der Waals surface area contributed by atoms with E-state index in [2.05, 4.69) is 15.5 Å². The summed E-state index contributed by atoms with van der Waals surface area (Å²) in [5, 5.41) is 35.2. The zero-order valence-corrected chi connectivity index (χ0v) is 42.5. The molecule has 69 heavy (non-hydrogen) atoms. The van der Waals surface area contributed by atoms with Gasteiger partial charge in [-0.3, -0.25) is 19.2 Å². The average Bonchev–Trinajstić information content (AvgIpc) is 3.88. The predicted octanol–water partition coefficient (Wildman–Crippen LogP) is 6.05. The fourth-order valence-electron chi connectivity index (χ4n) is 10.7. The standard InChI is InChI=1S/C52H79N5O12/c1-31-16-12-11-13-17-32(2)43(65-8)28-39-21-19-37(7)52(64,69-39)49(61)50(62)56-23-15-14-18-41(56)51(63)68-44(34(4)26-38-20-22-40(45(27-38)66-9)57-30-53-54-55-57)29-42(58)33(3)25-36(6)47(60)48(67-10)46(59)35(5)24-31/h11-13,16-17,25,30-31,33-35,37-41,43-45,47-48,60,64H,14-15,18-24,26-29H2,1-10H3/b13-11+,16-12+,32-17+,36-25+/t31-,33-,34-,35-,37-,38+,39+,40-,41+,43-,44+,45-,47-,48+,52-/m1/s1. The van der Waals surface area contributed by atoms with Gasteiger partial charge in [-0.05, 0) is 117 Å². The summed E-state index contributed by atoms with van der Waals surface area (Å²) in [6.07, 6.45) is 13.9. The van der Waals surface area contributed by atoms with Crippen molar-refractivity contribution in [1.82, 2.24) is 25.1 Å². The van der Waals surface area contributed by atoms with E-state index >= 15 is 0 Å². The number of aliphatic hydroxyl groups excluding tert-OH is 1. The Hall–Kier alpha value is -4.26. The van der Waals surface area contributed by atoms with Crippen molar-refractivity contribution in [3.8, 4) is 0 Å². The molecule has 17 nitrogen and oxygen atoms in total. The van der Waals surface area contributed by atoms with E-state index in [-0.39, 0.29) is 60.9 Å². The molecule has 2 N–H and O–H groups in total. The first-order valence-corrected chi connectivity index (χ1v) is 25.0. The lowest BCUT2D eigenvalue weighted by Gasteiger charge is -2.42. The number of methoxy groups -OCH3 is 3. The van der Waals surface area contributed by atoms with Gasteiger partial charge in [-0.15, -0.1) is 5.10 Å². The number of rotatable bonds is 7. The molecule has 2 bridgehead atoms. The molecule has 17 heteroatoms. The number of aromatic nitrogens is 4. The Kier molecular flexibility index (Phi) is 20.8. The van der Waals surface area contributed by atoms with Crippen LogP contribution in [0.4, 0.5) is 0 Å². The monoisotopic (exact) mass is 966 g/mol. The highest BCUT2D eigenvalue weighted by Crippen LogP contribution is 2.39. The second-order valence-corrected chi connectivity index (χ2v) is 20.4. The Morgan fingerprint density at radius 3 is 2.32 bits per heavy atom. The molecule has 0 aromatic carbocycles. The quantitative estimate of drug-likeness (QED) is 0.181. The van der Waals surface area contributed by atoms with Gasteiger partial charge in [-0.1, -0.05) is 71.1 Å². The third-order valence-corrected chi connectivity index (χ3v) is 15.2. The molecular formula is C52H79N5O12. The molecule has 0 radical (unpaired) electrons. The number of hydrogen-bond acceptors (Lipinski definition) is 15. The van der Waals surface area contributed by atoms with Crippen LogP contribution in [-0.4, -0.2) is 141 Å². The van der Waals surface area contributed by atoms with E-state index in [0.717, 1.165) is 18.4 Å². The Balaban J connectivity index is 1.46. The number of fused-ring (bicyclic) bond motifs is 3. The van der Waals surface area contributed by atoms with Crippen LogP contribution in [0.1, 0.15) is 132 Å². The summed E-state index contributed by atoms with van der Waals surface area (Å²) < 4.78 is 31.6. The Bertz CT molecular complexity index is 2020. The number of nitrogens with zero attached hydrogens (tertiary/aromatic N) is 5. The number of Topliss-reactive ketones (excluding diaryl/α,β-unsaturated/α-hetero) is 3. The van der Waals surface area contributed by atoms with Crippen molar-refractivity contribution in [2.24, 2.45) is 35.5 Å². The fraction of sp³-hybridized carbons (Fsp3) is 0.731. The number of tetrazole rings is 1. The van der Waals surface area contributed by atoms with Gasteiger partial charge in [0.25, 0.3) is 11.7 Å². The Morgan fingerprint density at radius 2 is 1.64 bits per heavy atom. The molecule has 1 aromatic rings. The number of ether oxygens (including phenoxy) is 5. The molecule has 1 saturated carbocycles. The summed E-state index contributed by atoms with van der Waals surface area (Å²) >= 11 is 0. The number of allylic oxidation sites excluding steroid dienone is 6. The van der Waals surface area contributed by atoms with Gasteiger partial charge in [0.2, 0.25) is 5.79 Å². The van der Waals surface area contributed by atoms with Crippen molar-refractivity contribution >= 4 is 29.2 Å². The highest BCUT2D eigenvalue weighted by Gasteiger charge is 2.53. The van der Waals surface area contributed by atoms with E-state index in [1.54, 1.807) is 52.1 Å². The smallest absolute Gasteiger partial charge is 0.329 e. The molecule has 5 rings (SSSR count). The van der Waals surface area contributed by atoms with E-state index in [4.69, 9.17) is 23.7 Å². The van der Waals surface area contributed by atoms with Crippen LogP contribution < -0.4 is 0 Å². The van der Waals surface area contributed by atoms with Crippen molar-refractivity contribution in [2.45, 2.75) is 180 Å². The molecule has 0 spiro atoms. The molecule has 384 valence electrons. The number of aliphatic hydroxyl groups is 2. The van der Waals surface area contributed by atoms with Crippen LogP contribution in [0.5, 0.6) is 0 Å². The summed E-state index contributed by atoms with van der Waals surface area (Å²) in [5.41, 5.74) is 1.27. The molecule has 4 aliphatic rings. The fourth-order valence-corrected chi connectivity index (χ4v) is 10.7. The van der Waals surface area contributed by atoms with Crippen LogP contribution in [0.15, 0.2) is 53.9 Å². The summed E-state index contributed by atoms with van der Waals surface area (Å²) in [7, 11) is 4.62. The van der Waals surface area contributed by atoms with Crippen LogP contribution in [0.3, 0.4) is 0 Å². The molecule has 15 atom stereocenters. The van der Waals surface area contributed by atoms with Crippen molar-refractivity contribution in [2.75, 3.05) is 27.9 Å². The molecule has 3 aliphatic heterocycles. The zero-order valence-electron chi connectivity index (χ0n) is 42.5. The van der Waals surface area contributed by atoms with Crippen molar-refractivity contribution in [3.63, 3.8) is 0 Å². The normalized spacial score (nSPS) is 38.8. The maximum absolute atomic E-state index is 14.5. The number of hydrogen-bond donors (Lipinski definition) is 2. The molecule has 1 aromatic heterocycles. The highest BCUT2D eigenvalue weighted by atomic mass is 16.6. The lowest BCUT2D eigenvalue weighted by Crippen LogP contribution is -2.61. The highest BCUT2D eigenvalue weighted by molar-refractivity contribution is 6.39. The van der Waals surface area contributed by atoms with E-state index in [1.807, 2.05) is 58.1 Å². The van der Waals surface area contributed by atoms with Gasteiger partial charge in [0.1, 0.15) is 36.5 Å². The topological polar surface area (TPSA) is 219 Å². The van der Waals surface area contributed by atoms with Crippen LogP contribution >= 0.6 is 0 Å². The SMILES string of the molecule is CO[C@@H]1C[C@@H]2CC[C@@H](C)[C@@](O)(O2)C(=O)C(=O)N2CCCC[C@H]2C(=O)O[C@H]([C@H](C)C[C@@H]2CC[C@@H](n3cnnn3)[C@H](OC)C2)CC(=O)[C@H](C)/C=C(\C)[C@@H](O)[C@@H](OC)C(=O)[C@H](C)C[C@H](C)/C=C/C=C/C=C/1C. The maximum Gasteiger partial charge on any atom is 0.329 e. The van der Waals surface area contributed by atoms with E-state index < -0.39 is 77.8 Å². The third-order valence-electron chi connectivity index (χ3n) is 15.2. The largest absolute Gasteiger partial charge is 0.460 e. The second kappa shape index (κ2) is 25.7. The Morgan fingerprint density at radius 1 is 0.884 bits per heavy atom. The lowest BCUT2D eigenvalue weighted by molar-refractivity contribution is -0.265. The molecule has 1 amide bonds. The average molecular weight is 966 g/mol. The van der Waals surface area contributed by atoms with Crippen LogP contribution in [-0.2, 0) is 47.7 Å². The molecule has 2 saturated heterocycles. The molecule has 3 fully saturated rings. The predicted molar refractivity (Wildman–Crippen MR) is 256 cm³/mol. The number of piperidine rings is 1. The van der Waals surface area contributed by atoms with Gasteiger partial charge < -0.3 is 38.8 Å².